The molecule has 0 fully saturated rings. The van der Waals surface area contributed by atoms with Crippen molar-refractivity contribution >= 4 is 22.6 Å². The highest BCUT2D eigenvalue weighted by atomic mass is 35.5. The number of nitrogens with zero attached hydrogens (tertiary/aromatic N) is 4. The molecule has 1 aromatic carbocycles. The maximum absolute atomic E-state index is 8.88. The molecule has 0 radical (unpaired) electrons. The van der Waals surface area contributed by atoms with Crippen molar-refractivity contribution in [2.24, 2.45) is 5.73 Å². The Balaban J connectivity index is 2.45. The van der Waals surface area contributed by atoms with Crippen LogP contribution in [-0.2, 0) is 6.54 Å². The highest BCUT2D eigenvalue weighted by Gasteiger charge is 2.20. The van der Waals surface area contributed by atoms with Crippen LogP contribution < -0.4 is 10.5 Å². The number of ether oxygens (including phenoxy) is 1. The zero-order valence-corrected chi connectivity index (χ0v) is 10.8. The molecule has 18 heavy (non-hydrogen) atoms. The number of rotatable bonds is 3. The Morgan fingerprint density at radius 1 is 1.56 bits per heavy atom. The third kappa shape index (κ3) is 2.37. The summed E-state index contributed by atoms with van der Waals surface area (Å²) < 4.78 is 5.10. The minimum atomic E-state index is -1.02. The first-order valence-corrected chi connectivity index (χ1v) is 5.61. The summed E-state index contributed by atoms with van der Waals surface area (Å²) in [5.41, 5.74) is 5.89. The van der Waals surface area contributed by atoms with Crippen LogP contribution in [0.15, 0.2) is 12.1 Å². The van der Waals surface area contributed by atoms with Crippen LogP contribution in [0.2, 0.25) is 5.02 Å². The summed E-state index contributed by atoms with van der Waals surface area (Å²) >= 11 is 6.07. The molecule has 0 saturated heterocycles. The average Bonchev–Trinajstić information content (AvgIpc) is 2.71. The van der Waals surface area contributed by atoms with E-state index in [0.29, 0.717) is 21.8 Å². The molecule has 1 atom stereocenters. The van der Waals surface area contributed by atoms with Gasteiger partial charge in [0.1, 0.15) is 22.3 Å². The maximum Gasteiger partial charge on any atom is 0.132 e. The molecule has 2 rings (SSSR count). The molecule has 2 N–H and O–H groups in total. The molecule has 2 aromatic rings. The lowest BCUT2D eigenvalue weighted by atomic mass is 10.1. The number of nitriles is 1. The number of methoxy groups -OCH3 is 1. The highest BCUT2D eigenvalue weighted by molar-refractivity contribution is 6.35. The first-order valence-electron chi connectivity index (χ1n) is 5.24. The highest BCUT2D eigenvalue weighted by Crippen LogP contribution is 2.26. The summed E-state index contributed by atoms with van der Waals surface area (Å²) in [6.07, 6.45) is 0. The van der Waals surface area contributed by atoms with E-state index in [9.17, 15) is 0 Å². The molecule has 0 bridgehead atoms. The van der Waals surface area contributed by atoms with Gasteiger partial charge in [-0.05, 0) is 6.92 Å². The van der Waals surface area contributed by atoms with Crippen molar-refractivity contribution in [2.75, 3.05) is 7.11 Å². The van der Waals surface area contributed by atoms with Crippen LogP contribution in [0.3, 0.4) is 0 Å². The van der Waals surface area contributed by atoms with Gasteiger partial charge in [0.25, 0.3) is 0 Å². The SMILES string of the molecule is COc1cc(Cl)c2nn(CC(C)(N)C#N)nc2c1. The summed E-state index contributed by atoms with van der Waals surface area (Å²) in [6.45, 7) is 1.81. The largest absolute Gasteiger partial charge is 0.497 e. The van der Waals surface area contributed by atoms with Crippen LogP contribution in [-0.4, -0.2) is 27.6 Å². The van der Waals surface area contributed by atoms with Gasteiger partial charge in [-0.1, -0.05) is 11.6 Å². The molecule has 0 aliphatic carbocycles. The van der Waals surface area contributed by atoms with Gasteiger partial charge in [-0.25, -0.2) is 0 Å². The van der Waals surface area contributed by atoms with Crippen molar-refractivity contribution in [1.82, 2.24) is 15.0 Å². The van der Waals surface area contributed by atoms with E-state index in [2.05, 4.69) is 10.2 Å². The van der Waals surface area contributed by atoms with Gasteiger partial charge < -0.3 is 10.5 Å². The molecular weight excluding hydrogens is 254 g/mol. The van der Waals surface area contributed by atoms with E-state index >= 15 is 0 Å². The number of aromatic nitrogens is 3. The Bertz CT molecular complexity index is 628. The topological polar surface area (TPSA) is 89.8 Å². The van der Waals surface area contributed by atoms with Crippen molar-refractivity contribution < 1.29 is 4.74 Å². The number of hydrogen-bond donors (Lipinski definition) is 1. The van der Waals surface area contributed by atoms with Gasteiger partial charge in [0.15, 0.2) is 0 Å². The second-order valence-electron chi connectivity index (χ2n) is 4.24. The van der Waals surface area contributed by atoms with E-state index < -0.39 is 5.54 Å². The first kappa shape index (κ1) is 12.6. The predicted octanol–water partition coefficient (Wildman–Crippen LogP) is 1.33. The average molecular weight is 266 g/mol. The zero-order chi connectivity index (χ0) is 13.3. The third-order valence-corrected chi connectivity index (χ3v) is 2.70. The molecule has 94 valence electrons. The Morgan fingerprint density at radius 3 is 2.89 bits per heavy atom. The lowest BCUT2D eigenvalue weighted by molar-refractivity contribution is 0.415. The Morgan fingerprint density at radius 2 is 2.28 bits per heavy atom. The molecule has 0 aliphatic rings. The predicted molar refractivity (Wildman–Crippen MR) is 67.3 cm³/mol. The van der Waals surface area contributed by atoms with Gasteiger partial charge >= 0.3 is 0 Å². The summed E-state index contributed by atoms with van der Waals surface area (Å²) in [5.74, 6) is 0.607. The smallest absolute Gasteiger partial charge is 0.132 e. The first-order chi connectivity index (χ1) is 8.45. The Labute approximate surface area is 109 Å². The molecule has 6 nitrogen and oxygen atoms in total. The van der Waals surface area contributed by atoms with Crippen LogP contribution >= 0.6 is 11.6 Å². The van der Waals surface area contributed by atoms with Crippen molar-refractivity contribution in [2.45, 2.75) is 19.0 Å². The molecular formula is C11H12ClN5O. The molecule has 0 amide bonds. The van der Waals surface area contributed by atoms with Gasteiger partial charge in [0, 0.05) is 12.1 Å². The number of benzene rings is 1. The molecule has 1 unspecified atom stereocenters. The van der Waals surface area contributed by atoms with Crippen LogP contribution in [0.5, 0.6) is 5.75 Å². The second kappa shape index (κ2) is 4.44. The molecule has 7 heteroatoms. The normalized spacial score (nSPS) is 14.2. The zero-order valence-electron chi connectivity index (χ0n) is 10.0. The fourth-order valence-electron chi connectivity index (χ4n) is 1.52. The van der Waals surface area contributed by atoms with Crippen LogP contribution in [0, 0.1) is 11.3 Å². The summed E-state index contributed by atoms with van der Waals surface area (Å²) in [4.78, 5) is 1.37. The van der Waals surface area contributed by atoms with E-state index in [-0.39, 0.29) is 6.54 Å². The quantitative estimate of drug-likeness (QED) is 0.904. The van der Waals surface area contributed by atoms with E-state index in [4.69, 9.17) is 27.3 Å². The number of nitrogens with two attached hydrogens (primary N) is 1. The summed E-state index contributed by atoms with van der Waals surface area (Å²) in [6, 6.07) is 5.38. The van der Waals surface area contributed by atoms with Crippen LogP contribution in [0.1, 0.15) is 6.92 Å². The second-order valence-corrected chi connectivity index (χ2v) is 4.64. The van der Waals surface area contributed by atoms with Gasteiger partial charge in [-0.3, -0.25) is 0 Å². The lowest BCUT2D eigenvalue weighted by Crippen LogP contribution is -2.39. The number of fused-ring (bicyclic) bond motifs is 1. The van der Waals surface area contributed by atoms with E-state index in [1.807, 2.05) is 6.07 Å². The van der Waals surface area contributed by atoms with Gasteiger partial charge in [-0.2, -0.15) is 20.3 Å². The van der Waals surface area contributed by atoms with Crippen molar-refractivity contribution in [3.63, 3.8) is 0 Å². The third-order valence-electron chi connectivity index (χ3n) is 2.42. The van der Waals surface area contributed by atoms with E-state index in [0.717, 1.165) is 0 Å². The Kier molecular flexibility index (Phi) is 3.11. The minimum Gasteiger partial charge on any atom is -0.497 e. The lowest BCUT2D eigenvalue weighted by Gasteiger charge is -2.13. The number of halogens is 1. The fraction of sp³-hybridized carbons (Fsp3) is 0.364. The van der Waals surface area contributed by atoms with E-state index in [1.54, 1.807) is 26.2 Å². The van der Waals surface area contributed by atoms with Crippen molar-refractivity contribution in [3.8, 4) is 11.8 Å². The van der Waals surface area contributed by atoms with Gasteiger partial charge in [-0.15, -0.1) is 0 Å². The van der Waals surface area contributed by atoms with E-state index in [1.165, 1.54) is 4.80 Å². The molecule has 0 aliphatic heterocycles. The minimum absolute atomic E-state index is 0.191. The monoisotopic (exact) mass is 265 g/mol. The van der Waals surface area contributed by atoms with Gasteiger partial charge in [0.05, 0.1) is 24.7 Å². The van der Waals surface area contributed by atoms with Crippen molar-refractivity contribution in [1.29, 1.82) is 5.26 Å². The maximum atomic E-state index is 8.88. The molecule has 0 spiro atoms. The molecule has 0 saturated carbocycles. The summed E-state index contributed by atoms with van der Waals surface area (Å²) in [5, 5.41) is 17.8. The van der Waals surface area contributed by atoms with Crippen LogP contribution in [0.4, 0.5) is 0 Å². The summed E-state index contributed by atoms with van der Waals surface area (Å²) in [7, 11) is 1.55. The molecule has 1 heterocycles. The van der Waals surface area contributed by atoms with Crippen molar-refractivity contribution in [3.05, 3.63) is 17.2 Å². The van der Waals surface area contributed by atoms with Gasteiger partial charge in [0.2, 0.25) is 0 Å². The van der Waals surface area contributed by atoms with Crippen LogP contribution in [0.25, 0.3) is 11.0 Å². The standard InChI is InChI=1S/C11H12ClN5O/c1-11(14,5-13)6-17-15-9-4-7(18-2)3-8(12)10(9)16-17/h3-4H,6,14H2,1-2H3. The number of hydrogen-bond acceptors (Lipinski definition) is 5. The fourth-order valence-corrected chi connectivity index (χ4v) is 1.76. The molecule has 1 aromatic heterocycles. The Hall–Kier alpha value is -1.84.